The highest BCUT2D eigenvalue weighted by Crippen LogP contribution is 2.54. The Balaban J connectivity index is 1.97. The Morgan fingerprint density at radius 1 is 1.27 bits per heavy atom. The molecule has 0 saturated heterocycles. The molecule has 0 aromatic heterocycles. The van der Waals surface area contributed by atoms with E-state index in [4.69, 9.17) is 0 Å². The highest BCUT2D eigenvalue weighted by molar-refractivity contribution is 5.96. The van der Waals surface area contributed by atoms with E-state index in [0.717, 1.165) is 30.3 Å². The number of Topliss-reactive ketones (excluding diaryl/α,β-unsaturated/α-hetero) is 1. The second-order valence-electron chi connectivity index (χ2n) is 4.07. The highest BCUT2D eigenvalue weighted by Gasteiger charge is 2.47. The Hall–Kier alpha value is -0.590. The zero-order valence-electron chi connectivity index (χ0n) is 6.97. The van der Waals surface area contributed by atoms with Gasteiger partial charge in [-0.2, -0.15) is 0 Å². The average molecular weight is 150 g/mol. The molecule has 2 atom stereocenters. The van der Waals surface area contributed by atoms with Gasteiger partial charge in [0.25, 0.3) is 0 Å². The quantitative estimate of drug-likeness (QED) is 0.551. The maximum atomic E-state index is 11.4. The Morgan fingerprint density at radius 2 is 1.82 bits per heavy atom. The molecule has 1 heteroatoms. The molecule has 0 bridgehead atoms. The van der Waals surface area contributed by atoms with E-state index < -0.39 is 0 Å². The number of allylic oxidation sites excluding steroid dienone is 1. The van der Waals surface area contributed by atoms with Crippen molar-refractivity contribution in [2.45, 2.75) is 26.2 Å². The molecule has 2 fully saturated rings. The zero-order valence-corrected chi connectivity index (χ0v) is 6.97. The molecule has 2 rings (SSSR count). The molecule has 11 heavy (non-hydrogen) atoms. The molecule has 0 aromatic rings. The van der Waals surface area contributed by atoms with Gasteiger partial charge in [-0.15, -0.1) is 0 Å². The largest absolute Gasteiger partial charge is 0.294 e. The van der Waals surface area contributed by atoms with Crippen molar-refractivity contribution in [2.75, 3.05) is 0 Å². The van der Waals surface area contributed by atoms with Crippen molar-refractivity contribution < 1.29 is 4.79 Å². The van der Waals surface area contributed by atoms with E-state index in [-0.39, 0.29) is 0 Å². The predicted molar refractivity (Wildman–Crippen MR) is 44.1 cm³/mol. The van der Waals surface area contributed by atoms with Crippen LogP contribution in [0.5, 0.6) is 0 Å². The van der Waals surface area contributed by atoms with Crippen molar-refractivity contribution in [3.05, 3.63) is 12.2 Å². The fourth-order valence-corrected chi connectivity index (χ4v) is 2.28. The first-order valence-corrected chi connectivity index (χ1v) is 4.38. The lowest BCUT2D eigenvalue weighted by molar-refractivity contribution is -0.119. The van der Waals surface area contributed by atoms with Gasteiger partial charge in [-0.3, -0.25) is 4.79 Å². The van der Waals surface area contributed by atoms with Crippen LogP contribution in [0.1, 0.15) is 26.2 Å². The van der Waals surface area contributed by atoms with Gasteiger partial charge in [0, 0.05) is 5.92 Å². The predicted octanol–water partition coefficient (Wildman–Crippen LogP) is 2.18. The monoisotopic (exact) mass is 150 g/mol. The summed E-state index contributed by atoms with van der Waals surface area (Å²) in [6.45, 7) is 5.52. The minimum atomic E-state index is 0.317. The minimum absolute atomic E-state index is 0.317. The van der Waals surface area contributed by atoms with Crippen molar-refractivity contribution in [1.29, 1.82) is 0 Å². The van der Waals surface area contributed by atoms with Gasteiger partial charge >= 0.3 is 0 Å². The Morgan fingerprint density at radius 3 is 2.27 bits per heavy atom. The van der Waals surface area contributed by atoms with Crippen molar-refractivity contribution in [3.63, 3.8) is 0 Å². The lowest BCUT2D eigenvalue weighted by Crippen LogP contribution is -2.12. The van der Waals surface area contributed by atoms with Gasteiger partial charge in [0.2, 0.25) is 0 Å². The van der Waals surface area contributed by atoms with Crippen molar-refractivity contribution >= 4 is 5.78 Å². The van der Waals surface area contributed by atoms with E-state index in [1.807, 2.05) is 6.92 Å². The standard InChI is InChI=1S/C10H14O/c1-6(2)10(11)9-4-7-3-8(7)5-9/h7-9H,1,3-5H2,2H3. The van der Waals surface area contributed by atoms with E-state index in [2.05, 4.69) is 6.58 Å². The molecular formula is C10H14O. The molecule has 2 unspecified atom stereocenters. The summed E-state index contributed by atoms with van der Waals surface area (Å²) in [5, 5.41) is 0. The lowest BCUT2D eigenvalue weighted by Gasteiger charge is -2.08. The molecule has 0 N–H and O–H groups in total. The molecule has 0 amide bonds. The van der Waals surface area contributed by atoms with Crippen molar-refractivity contribution in [1.82, 2.24) is 0 Å². The van der Waals surface area contributed by atoms with Crippen molar-refractivity contribution in [3.8, 4) is 0 Å². The number of carbonyl (C=O) groups is 1. The van der Waals surface area contributed by atoms with Gasteiger partial charge in [0.05, 0.1) is 0 Å². The third kappa shape index (κ3) is 1.13. The van der Waals surface area contributed by atoms with E-state index in [1.165, 1.54) is 6.42 Å². The zero-order chi connectivity index (χ0) is 8.01. The minimum Gasteiger partial charge on any atom is -0.294 e. The van der Waals surface area contributed by atoms with Crippen LogP contribution < -0.4 is 0 Å². The van der Waals surface area contributed by atoms with E-state index in [9.17, 15) is 4.79 Å². The molecule has 2 aliphatic rings. The van der Waals surface area contributed by atoms with Gasteiger partial charge < -0.3 is 0 Å². The fourth-order valence-electron chi connectivity index (χ4n) is 2.28. The van der Waals surface area contributed by atoms with Crippen LogP contribution in [-0.4, -0.2) is 5.78 Å². The van der Waals surface area contributed by atoms with Crippen LogP contribution in [0.25, 0.3) is 0 Å². The Bertz CT molecular complexity index is 207. The summed E-state index contributed by atoms with van der Waals surface area (Å²) in [6, 6.07) is 0. The van der Waals surface area contributed by atoms with E-state index in [0.29, 0.717) is 11.7 Å². The molecule has 2 aliphatic carbocycles. The second kappa shape index (κ2) is 2.20. The molecule has 0 aliphatic heterocycles. The number of ketones is 1. The molecule has 1 nitrogen and oxygen atoms in total. The van der Waals surface area contributed by atoms with Crippen LogP contribution in [0.3, 0.4) is 0 Å². The molecule has 0 spiro atoms. The van der Waals surface area contributed by atoms with Crippen LogP contribution in [0.15, 0.2) is 12.2 Å². The van der Waals surface area contributed by atoms with Crippen LogP contribution in [-0.2, 0) is 4.79 Å². The highest BCUT2D eigenvalue weighted by atomic mass is 16.1. The number of carbonyl (C=O) groups excluding carboxylic acids is 1. The fraction of sp³-hybridized carbons (Fsp3) is 0.700. The SMILES string of the molecule is C=C(C)C(=O)C1CC2CC2C1. The summed E-state index contributed by atoms with van der Waals surface area (Å²) in [7, 11) is 0. The summed E-state index contributed by atoms with van der Waals surface area (Å²) in [6.07, 6.45) is 3.69. The van der Waals surface area contributed by atoms with E-state index >= 15 is 0 Å². The second-order valence-corrected chi connectivity index (χ2v) is 4.07. The average Bonchev–Trinajstić information content (AvgIpc) is 2.57. The van der Waals surface area contributed by atoms with Crippen LogP contribution in [0.4, 0.5) is 0 Å². The van der Waals surface area contributed by atoms with Crippen LogP contribution in [0.2, 0.25) is 0 Å². The van der Waals surface area contributed by atoms with Crippen LogP contribution >= 0.6 is 0 Å². The number of fused-ring (bicyclic) bond motifs is 1. The first-order valence-electron chi connectivity index (χ1n) is 4.38. The first kappa shape index (κ1) is 7.08. The van der Waals surface area contributed by atoms with Gasteiger partial charge in [-0.25, -0.2) is 0 Å². The lowest BCUT2D eigenvalue weighted by atomic mass is 9.95. The van der Waals surface area contributed by atoms with Gasteiger partial charge in [-0.1, -0.05) is 6.58 Å². The van der Waals surface area contributed by atoms with Crippen LogP contribution in [0, 0.1) is 17.8 Å². The molecule has 60 valence electrons. The summed E-state index contributed by atoms with van der Waals surface area (Å²) < 4.78 is 0. The number of hydrogen-bond acceptors (Lipinski definition) is 1. The third-order valence-corrected chi connectivity index (χ3v) is 3.03. The topological polar surface area (TPSA) is 17.1 Å². The van der Waals surface area contributed by atoms with E-state index in [1.54, 1.807) is 0 Å². The summed E-state index contributed by atoms with van der Waals surface area (Å²) in [5.41, 5.74) is 0.747. The summed E-state index contributed by atoms with van der Waals surface area (Å²) >= 11 is 0. The summed E-state index contributed by atoms with van der Waals surface area (Å²) in [5.74, 6) is 2.47. The molecule has 0 aromatic carbocycles. The first-order chi connectivity index (χ1) is 5.18. The third-order valence-electron chi connectivity index (χ3n) is 3.03. The smallest absolute Gasteiger partial charge is 0.161 e. The Labute approximate surface area is 67.5 Å². The number of hydrogen-bond donors (Lipinski definition) is 0. The summed E-state index contributed by atoms with van der Waals surface area (Å²) in [4.78, 5) is 11.4. The van der Waals surface area contributed by atoms with Gasteiger partial charge in [0.15, 0.2) is 5.78 Å². The van der Waals surface area contributed by atoms with Gasteiger partial charge in [-0.05, 0) is 43.6 Å². The Kier molecular flexibility index (Phi) is 1.41. The molecule has 0 radical (unpaired) electrons. The maximum absolute atomic E-state index is 11.4. The number of rotatable bonds is 2. The normalized spacial score (nSPS) is 39.9. The molecular weight excluding hydrogens is 136 g/mol. The molecule has 2 saturated carbocycles. The molecule has 0 heterocycles. The van der Waals surface area contributed by atoms with Gasteiger partial charge in [0.1, 0.15) is 0 Å². The van der Waals surface area contributed by atoms with Crippen molar-refractivity contribution in [2.24, 2.45) is 17.8 Å². The maximum Gasteiger partial charge on any atom is 0.161 e.